The zero-order valence-electron chi connectivity index (χ0n) is 18.1. The summed E-state index contributed by atoms with van der Waals surface area (Å²) < 4.78 is 39.4. The summed E-state index contributed by atoms with van der Waals surface area (Å²) in [7, 11) is -3.65. The number of fused-ring (bicyclic) bond motifs is 1. The van der Waals surface area contributed by atoms with Gasteiger partial charge in [-0.3, -0.25) is 4.79 Å². The van der Waals surface area contributed by atoms with E-state index in [9.17, 15) is 13.2 Å². The fraction of sp³-hybridized carbons (Fsp3) is 0.435. The Morgan fingerprint density at radius 3 is 2.62 bits per heavy atom. The number of carbonyl (C=O) groups is 1. The first kappa shape index (κ1) is 22.9. The molecule has 2 heterocycles. The molecule has 0 spiro atoms. The first-order valence-electron chi connectivity index (χ1n) is 10.8. The van der Waals surface area contributed by atoms with Gasteiger partial charge in [0.2, 0.25) is 10.0 Å². The standard InChI is InChI=1S/C23H27ClN2O5S/c1-15(2)30-21-9-7-18(32(28,29)26-10-4-3-5-11-26)14-19(21)25-23(27)22-13-16-12-17(24)6-8-20(16)31-22/h6-9,12,14-15,22H,3-5,10-11,13H2,1-2H3,(H,25,27). The number of benzene rings is 2. The lowest BCUT2D eigenvalue weighted by atomic mass is 10.1. The molecule has 0 radical (unpaired) electrons. The van der Waals surface area contributed by atoms with E-state index in [4.69, 9.17) is 21.1 Å². The Kier molecular flexibility index (Phi) is 6.65. The third-order valence-electron chi connectivity index (χ3n) is 5.51. The van der Waals surface area contributed by atoms with E-state index >= 15 is 0 Å². The van der Waals surface area contributed by atoms with Crippen LogP contribution in [0.5, 0.6) is 11.5 Å². The molecule has 2 aliphatic rings. The Bertz CT molecular complexity index is 1110. The number of anilines is 1. The van der Waals surface area contributed by atoms with E-state index in [1.165, 1.54) is 16.4 Å². The summed E-state index contributed by atoms with van der Waals surface area (Å²) in [5.74, 6) is 0.651. The number of sulfonamides is 1. The summed E-state index contributed by atoms with van der Waals surface area (Å²) in [5.41, 5.74) is 1.16. The lowest BCUT2D eigenvalue weighted by Gasteiger charge is -2.26. The van der Waals surface area contributed by atoms with Crippen LogP contribution in [0.4, 0.5) is 5.69 Å². The van der Waals surface area contributed by atoms with Crippen molar-refractivity contribution in [2.45, 2.75) is 56.6 Å². The highest BCUT2D eigenvalue weighted by atomic mass is 35.5. The zero-order chi connectivity index (χ0) is 22.9. The fourth-order valence-electron chi connectivity index (χ4n) is 3.95. The topological polar surface area (TPSA) is 84.9 Å². The zero-order valence-corrected chi connectivity index (χ0v) is 19.7. The average Bonchev–Trinajstić information content (AvgIpc) is 3.18. The lowest BCUT2D eigenvalue weighted by molar-refractivity contribution is -0.122. The lowest BCUT2D eigenvalue weighted by Crippen LogP contribution is -2.35. The van der Waals surface area contributed by atoms with Gasteiger partial charge < -0.3 is 14.8 Å². The minimum absolute atomic E-state index is 0.133. The second-order valence-corrected chi connectivity index (χ2v) is 10.7. The van der Waals surface area contributed by atoms with Gasteiger partial charge in [-0.1, -0.05) is 18.0 Å². The van der Waals surface area contributed by atoms with Crippen molar-refractivity contribution in [3.8, 4) is 11.5 Å². The van der Waals surface area contributed by atoms with Crippen LogP contribution in [0.1, 0.15) is 38.7 Å². The van der Waals surface area contributed by atoms with E-state index in [-0.39, 0.29) is 16.9 Å². The molecule has 32 heavy (non-hydrogen) atoms. The van der Waals surface area contributed by atoms with E-state index in [0.29, 0.717) is 41.7 Å². The van der Waals surface area contributed by atoms with E-state index in [2.05, 4.69) is 5.32 Å². The van der Waals surface area contributed by atoms with Crippen LogP contribution in [0.25, 0.3) is 0 Å². The van der Waals surface area contributed by atoms with Crippen molar-refractivity contribution < 1.29 is 22.7 Å². The molecule has 1 amide bonds. The van der Waals surface area contributed by atoms with Crippen molar-refractivity contribution in [3.63, 3.8) is 0 Å². The molecule has 2 aliphatic heterocycles. The quantitative estimate of drug-likeness (QED) is 0.671. The number of nitrogens with one attached hydrogen (secondary N) is 1. The third kappa shape index (κ3) is 4.87. The van der Waals surface area contributed by atoms with Crippen LogP contribution in [0, 0.1) is 0 Å². The van der Waals surface area contributed by atoms with Gasteiger partial charge in [-0.15, -0.1) is 0 Å². The Hall–Kier alpha value is -2.29. The van der Waals surface area contributed by atoms with E-state index in [1.54, 1.807) is 24.3 Å². The molecule has 1 atom stereocenters. The normalized spacial score (nSPS) is 18.8. The average molecular weight is 479 g/mol. The van der Waals surface area contributed by atoms with Crippen molar-refractivity contribution >= 4 is 33.2 Å². The Balaban J connectivity index is 1.58. The van der Waals surface area contributed by atoms with E-state index in [0.717, 1.165) is 24.8 Å². The molecule has 7 nitrogen and oxygen atoms in total. The van der Waals surface area contributed by atoms with Crippen LogP contribution in [-0.2, 0) is 21.2 Å². The summed E-state index contributed by atoms with van der Waals surface area (Å²) in [6, 6.07) is 9.83. The van der Waals surface area contributed by atoms with Crippen molar-refractivity contribution in [1.82, 2.24) is 4.31 Å². The molecule has 0 aromatic heterocycles. The molecule has 1 saturated heterocycles. The largest absolute Gasteiger partial charge is 0.489 e. The van der Waals surface area contributed by atoms with Crippen LogP contribution >= 0.6 is 11.6 Å². The van der Waals surface area contributed by atoms with Crippen LogP contribution < -0.4 is 14.8 Å². The van der Waals surface area contributed by atoms with E-state index in [1.807, 2.05) is 13.8 Å². The SMILES string of the molecule is CC(C)Oc1ccc(S(=O)(=O)N2CCCCC2)cc1NC(=O)C1Cc2cc(Cl)ccc2O1. The second kappa shape index (κ2) is 9.29. The predicted octanol–water partition coefficient (Wildman–Crippen LogP) is 4.24. The molecule has 4 rings (SSSR count). The molecule has 0 saturated carbocycles. The van der Waals surface area contributed by atoms with Gasteiger partial charge in [0.15, 0.2) is 6.10 Å². The minimum Gasteiger partial charge on any atom is -0.489 e. The van der Waals surface area contributed by atoms with Gasteiger partial charge in [0.25, 0.3) is 5.91 Å². The van der Waals surface area contributed by atoms with Crippen molar-refractivity contribution in [2.75, 3.05) is 18.4 Å². The summed E-state index contributed by atoms with van der Waals surface area (Å²) in [4.78, 5) is 13.1. The number of rotatable bonds is 6. The van der Waals surface area contributed by atoms with Crippen molar-refractivity contribution in [3.05, 3.63) is 47.0 Å². The molecule has 1 N–H and O–H groups in total. The first-order valence-corrected chi connectivity index (χ1v) is 12.6. The molecule has 1 fully saturated rings. The predicted molar refractivity (Wildman–Crippen MR) is 123 cm³/mol. The molecule has 172 valence electrons. The number of carbonyl (C=O) groups excluding carboxylic acids is 1. The highest BCUT2D eigenvalue weighted by Gasteiger charge is 2.31. The Labute approximate surface area is 193 Å². The van der Waals surface area contributed by atoms with Crippen LogP contribution in [0.15, 0.2) is 41.3 Å². The summed E-state index contributed by atoms with van der Waals surface area (Å²) in [5, 5.41) is 3.40. The minimum atomic E-state index is -3.65. The first-order chi connectivity index (χ1) is 15.2. The summed E-state index contributed by atoms with van der Waals surface area (Å²) in [6.45, 7) is 4.74. The molecule has 1 unspecified atom stereocenters. The van der Waals surface area contributed by atoms with Crippen molar-refractivity contribution in [2.24, 2.45) is 0 Å². The van der Waals surface area contributed by atoms with Gasteiger partial charge >= 0.3 is 0 Å². The third-order valence-corrected chi connectivity index (χ3v) is 7.64. The maximum Gasteiger partial charge on any atom is 0.265 e. The summed E-state index contributed by atoms with van der Waals surface area (Å²) >= 11 is 6.04. The van der Waals surface area contributed by atoms with E-state index < -0.39 is 16.1 Å². The van der Waals surface area contributed by atoms with Gasteiger partial charge in [0.05, 0.1) is 16.7 Å². The van der Waals surface area contributed by atoms with Crippen LogP contribution in [0.2, 0.25) is 5.02 Å². The van der Waals surface area contributed by atoms with Gasteiger partial charge in [0.1, 0.15) is 11.5 Å². The molecule has 2 aromatic carbocycles. The second-order valence-electron chi connectivity index (χ2n) is 8.34. The van der Waals surface area contributed by atoms with Crippen molar-refractivity contribution in [1.29, 1.82) is 0 Å². The fourth-order valence-corrected chi connectivity index (χ4v) is 5.69. The molecular formula is C23H27ClN2O5S. The van der Waals surface area contributed by atoms with Crippen LogP contribution in [-0.4, -0.2) is 43.9 Å². The number of piperidine rings is 1. The molecule has 0 bridgehead atoms. The van der Waals surface area contributed by atoms with Gasteiger partial charge in [-0.2, -0.15) is 4.31 Å². The smallest absolute Gasteiger partial charge is 0.265 e. The van der Waals surface area contributed by atoms with Gasteiger partial charge in [-0.25, -0.2) is 8.42 Å². The summed E-state index contributed by atoms with van der Waals surface area (Å²) in [6.07, 6.45) is 2.22. The maximum atomic E-state index is 13.1. The number of nitrogens with zero attached hydrogens (tertiary/aromatic N) is 1. The van der Waals surface area contributed by atoms with Crippen LogP contribution in [0.3, 0.4) is 0 Å². The molecule has 0 aliphatic carbocycles. The highest BCUT2D eigenvalue weighted by Crippen LogP contribution is 2.34. The Morgan fingerprint density at radius 1 is 1.16 bits per heavy atom. The number of hydrogen-bond acceptors (Lipinski definition) is 5. The maximum absolute atomic E-state index is 13.1. The number of ether oxygens (including phenoxy) is 2. The molecular weight excluding hydrogens is 452 g/mol. The van der Waals surface area contributed by atoms with Gasteiger partial charge in [0, 0.05) is 24.5 Å². The highest BCUT2D eigenvalue weighted by molar-refractivity contribution is 7.89. The molecule has 9 heteroatoms. The number of hydrogen-bond donors (Lipinski definition) is 1. The number of halogens is 1. The molecule has 2 aromatic rings. The van der Waals surface area contributed by atoms with Gasteiger partial charge in [-0.05, 0) is 68.7 Å². The Morgan fingerprint density at radius 2 is 1.91 bits per heavy atom. The monoisotopic (exact) mass is 478 g/mol. The number of amides is 1.